The molecule has 1 heterocycles. The standard InChI is InChI=1S/C19H33NO/c1-18(2)3-5-20(6-4-18)13-17(21)19-10-14-7-15(11-19)9-16(8-14)12-19/h14-17,21H,3-13H2,1-2H3. The third kappa shape index (κ3) is 2.67. The van der Waals surface area contributed by atoms with Crippen molar-refractivity contribution >= 4 is 0 Å². The Morgan fingerprint density at radius 2 is 1.43 bits per heavy atom. The predicted octanol–water partition coefficient (Wildman–Crippen LogP) is 3.69. The van der Waals surface area contributed by atoms with Crippen molar-refractivity contribution in [2.24, 2.45) is 28.6 Å². The number of aliphatic hydroxyl groups is 1. The van der Waals surface area contributed by atoms with E-state index in [0.717, 1.165) is 24.3 Å². The molecule has 1 N–H and O–H groups in total. The van der Waals surface area contributed by atoms with Gasteiger partial charge in [0.15, 0.2) is 0 Å². The second-order valence-corrected chi connectivity index (χ2v) is 9.76. The third-order valence-electron chi connectivity index (χ3n) is 7.43. The second kappa shape index (κ2) is 4.96. The van der Waals surface area contributed by atoms with Crippen LogP contribution < -0.4 is 0 Å². The van der Waals surface area contributed by atoms with Gasteiger partial charge in [-0.15, -0.1) is 0 Å². The molecule has 21 heavy (non-hydrogen) atoms. The molecule has 1 aliphatic heterocycles. The van der Waals surface area contributed by atoms with Gasteiger partial charge in [-0.2, -0.15) is 0 Å². The molecule has 4 saturated carbocycles. The van der Waals surface area contributed by atoms with E-state index in [9.17, 15) is 5.11 Å². The average Bonchev–Trinajstić information content (AvgIpc) is 2.39. The maximum absolute atomic E-state index is 11.1. The minimum absolute atomic E-state index is 0.0629. The summed E-state index contributed by atoms with van der Waals surface area (Å²) in [5.74, 6) is 2.85. The van der Waals surface area contributed by atoms with E-state index >= 15 is 0 Å². The molecule has 0 aromatic heterocycles. The van der Waals surface area contributed by atoms with Crippen molar-refractivity contribution in [2.75, 3.05) is 19.6 Å². The van der Waals surface area contributed by atoms with Gasteiger partial charge < -0.3 is 10.0 Å². The molecule has 4 bridgehead atoms. The predicted molar refractivity (Wildman–Crippen MR) is 86.1 cm³/mol. The Morgan fingerprint density at radius 3 is 1.90 bits per heavy atom. The van der Waals surface area contributed by atoms with Gasteiger partial charge in [-0.25, -0.2) is 0 Å². The lowest BCUT2D eigenvalue weighted by Crippen LogP contribution is -2.55. The van der Waals surface area contributed by atoms with Crippen LogP contribution >= 0.6 is 0 Å². The summed E-state index contributed by atoms with van der Waals surface area (Å²) in [6.07, 6.45) is 10.9. The van der Waals surface area contributed by atoms with E-state index < -0.39 is 0 Å². The fourth-order valence-corrected chi connectivity index (χ4v) is 6.36. The van der Waals surface area contributed by atoms with Crippen LogP contribution in [0.4, 0.5) is 0 Å². The number of rotatable bonds is 3. The molecule has 5 rings (SSSR count). The zero-order chi connectivity index (χ0) is 14.7. The van der Waals surface area contributed by atoms with Gasteiger partial charge in [0.05, 0.1) is 6.10 Å². The van der Waals surface area contributed by atoms with Crippen LogP contribution in [0.15, 0.2) is 0 Å². The second-order valence-electron chi connectivity index (χ2n) is 9.76. The molecule has 0 aromatic carbocycles. The Balaban J connectivity index is 1.40. The first kappa shape index (κ1) is 14.5. The number of likely N-dealkylation sites (tertiary alicyclic amines) is 1. The quantitative estimate of drug-likeness (QED) is 0.857. The molecule has 2 nitrogen and oxygen atoms in total. The van der Waals surface area contributed by atoms with Gasteiger partial charge in [-0.3, -0.25) is 0 Å². The minimum Gasteiger partial charge on any atom is -0.391 e. The maximum atomic E-state index is 11.1. The van der Waals surface area contributed by atoms with Gasteiger partial charge in [0.2, 0.25) is 0 Å². The van der Waals surface area contributed by atoms with E-state index in [4.69, 9.17) is 0 Å². The first-order valence-electron chi connectivity index (χ1n) is 9.35. The summed E-state index contributed by atoms with van der Waals surface area (Å²) in [5.41, 5.74) is 0.823. The Kier molecular flexibility index (Phi) is 3.43. The number of β-amino-alcohol motifs (C(OH)–C–C–N with tert-alkyl or cyclic N) is 1. The maximum Gasteiger partial charge on any atom is 0.0723 e. The highest BCUT2D eigenvalue weighted by Gasteiger charge is 2.54. The lowest BCUT2D eigenvalue weighted by Gasteiger charge is -2.59. The monoisotopic (exact) mass is 291 g/mol. The van der Waals surface area contributed by atoms with Crippen LogP contribution in [0.1, 0.15) is 65.2 Å². The van der Waals surface area contributed by atoms with Crippen molar-refractivity contribution in [1.29, 1.82) is 0 Å². The molecular formula is C19H33NO. The van der Waals surface area contributed by atoms with Crippen molar-refractivity contribution in [3.63, 3.8) is 0 Å². The minimum atomic E-state index is -0.0629. The highest BCUT2D eigenvalue weighted by atomic mass is 16.3. The fraction of sp³-hybridized carbons (Fsp3) is 1.00. The first-order valence-corrected chi connectivity index (χ1v) is 9.35. The lowest BCUT2D eigenvalue weighted by atomic mass is 9.48. The summed E-state index contributed by atoms with van der Waals surface area (Å²) in [7, 11) is 0. The summed E-state index contributed by atoms with van der Waals surface area (Å²) in [6, 6.07) is 0. The highest BCUT2D eigenvalue weighted by Crippen LogP contribution is 2.61. The van der Waals surface area contributed by atoms with Gasteiger partial charge in [0.25, 0.3) is 0 Å². The molecular weight excluding hydrogens is 258 g/mol. The van der Waals surface area contributed by atoms with Gasteiger partial charge in [0.1, 0.15) is 0 Å². The third-order valence-corrected chi connectivity index (χ3v) is 7.43. The number of piperidine rings is 1. The summed E-state index contributed by atoms with van der Waals surface area (Å²) < 4.78 is 0. The van der Waals surface area contributed by atoms with E-state index in [1.54, 1.807) is 0 Å². The van der Waals surface area contributed by atoms with Crippen LogP contribution in [0.25, 0.3) is 0 Å². The van der Waals surface area contributed by atoms with Gasteiger partial charge in [-0.1, -0.05) is 13.8 Å². The summed E-state index contributed by atoms with van der Waals surface area (Å²) in [4.78, 5) is 2.55. The normalized spacial score (nSPS) is 46.7. The first-order chi connectivity index (χ1) is 9.94. The van der Waals surface area contributed by atoms with Crippen LogP contribution in [0, 0.1) is 28.6 Å². The lowest BCUT2D eigenvalue weighted by molar-refractivity contribution is -0.128. The Hall–Kier alpha value is -0.0800. The number of hydrogen-bond acceptors (Lipinski definition) is 2. The Morgan fingerprint density at radius 1 is 0.952 bits per heavy atom. The Bertz CT molecular complexity index is 357. The zero-order valence-corrected chi connectivity index (χ0v) is 14.0. The highest BCUT2D eigenvalue weighted by molar-refractivity contribution is 5.04. The van der Waals surface area contributed by atoms with Crippen LogP contribution in [0.3, 0.4) is 0 Å². The molecule has 0 amide bonds. The Labute approximate surface area is 130 Å². The molecule has 0 radical (unpaired) electrons. The largest absolute Gasteiger partial charge is 0.391 e. The molecule has 1 saturated heterocycles. The molecule has 0 aromatic rings. The van der Waals surface area contributed by atoms with Gasteiger partial charge in [0, 0.05) is 6.54 Å². The van der Waals surface area contributed by atoms with Gasteiger partial charge >= 0.3 is 0 Å². The molecule has 0 spiro atoms. The molecule has 5 fully saturated rings. The summed E-state index contributed by atoms with van der Waals surface area (Å²) >= 11 is 0. The SMILES string of the molecule is CC1(C)CCN(CC(O)C23CC4CC(CC(C4)C2)C3)CC1. The molecule has 1 unspecified atom stereocenters. The van der Waals surface area contributed by atoms with Crippen LogP contribution in [-0.4, -0.2) is 35.7 Å². The molecule has 5 aliphatic rings. The molecule has 1 atom stereocenters. The van der Waals surface area contributed by atoms with Crippen molar-refractivity contribution in [3.8, 4) is 0 Å². The summed E-state index contributed by atoms with van der Waals surface area (Å²) in [5, 5.41) is 11.1. The molecule has 120 valence electrons. The van der Waals surface area contributed by atoms with E-state index in [-0.39, 0.29) is 6.10 Å². The van der Waals surface area contributed by atoms with Crippen molar-refractivity contribution in [3.05, 3.63) is 0 Å². The average molecular weight is 291 g/mol. The van der Waals surface area contributed by atoms with E-state index in [0.29, 0.717) is 10.8 Å². The number of hydrogen-bond donors (Lipinski definition) is 1. The van der Waals surface area contributed by atoms with Crippen molar-refractivity contribution < 1.29 is 5.11 Å². The topological polar surface area (TPSA) is 23.5 Å². The number of aliphatic hydroxyl groups excluding tert-OH is 1. The smallest absolute Gasteiger partial charge is 0.0723 e. The van der Waals surface area contributed by atoms with Crippen LogP contribution in [-0.2, 0) is 0 Å². The van der Waals surface area contributed by atoms with E-state index in [1.807, 2.05) is 0 Å². The summed E-state index contributed by atoms with van der Waals surface area (Å²) in [6.45, 7) is 8.11. The molecule has 2 heteroatoms. The molecule has 4 aliphatic carbocycles. The van der Waals surface area contributed by atoms with Crippen LogP contribution in [0.5, 0.6) is 0 Å². The van der Waals surface area contributed by atoms with Crippen molar-refractivity contribution in [1.82, 2.24) is 4.90 Å². The van der Waals surface area contributed by atoms with E-state index in [2.05, 4.69) is 18.7 Å². The van der Waals surface area contributed by atoms with Crippen LogP contribution in [0.2, 0.25) is 0 Å². The fourth-order valence-electron chi connectivity index (χ4n) is 6.36. The van der Waals surface area contributed by atoms with Crippen molar-refractivity contribution in [2.45, 2.75) is 71.3 Å². The van der Waals surface area contributed by atoms with E-state index in [1.165, 1.54) is 64.5 Å². The number of nitrogens with zero attached hydrogens (tertiary/aromatic N) is 1. The van der Waals surface area contributed by atoms with Gasteiger partial charge in [-0.05, 0) is 93.0 Å². The zero-order valence-electron chi connectivity index (χ0n) is 14.0.